The van der Waals surface area contributed by atoms with Crippen LogP contribution in [0.15, 0.2) is 54.9 Å². The van der Waals surface area contributed by atoms with Crippen molar-refractivity contribution in [2.75, 3.05) is 37.6 Å². The van der Waals surface area contributed by atoms with Crippen LogP contribution in [0, 0.1) is 11.3 Å². The topological polar surface area (TPSA) is 52.3 Å². The molecule has 2 aromatic carbocycles. The summed E-state index contributed by atoms with van der Waals surface area (Å²) in [5.41, 5.74) is -0.316. The van der Waals surface area contributed by atoms with Crippen molar-refractivity contribution in [1.29, 1.82) is 5.26 Å². The molecule has 0 aliphatic carbocycles. The number of hydrogen-bond donors (Lipinski definition) is 0. The molecule has 0 spiro atoms. The fourth-order valence-corrected chi connectivity index (χ4v) is 4.40. The van der Waals surface area contributed by atoms with Crippen molar-refractivity contribution in [2.24, 2.45) is 0 Å². The largest absolute Gasteiger partial charge is 0.416 e. The third-order valence-electron chi connectivity index (χ3n) is 6.32. The molecule has 3 aromatic rings. The van der Waals surface area contributed by atoms with Crippen LogP contribution < -0.4 is 4.90 Å². The first-order valence-corrected chi connectivity index (χ1v) is 11.5. The van der Waals surface area contributed by atoms with E-state index in [1.165, 1.54) is 6.07 Å². The Morgan fingerprint density at radius 3 is 2.24 bits per heavy atom. The van der Waals surface area contributed by atoms with Gasteiger partial charge in [-0.25, -0.2) is 0 Å². The molecule has 0 N–H and O–H groups in total. The molecule has 2 heterocycles. The average Bonchev–Trinajstić information content (AvgIpc) is 3.28. The zero-order valence-electron chi connectivity index (χ0n) is 18.9. The predicted molar refractivity (Wildman–Crippen MR) is 126 cm³/mol. The first-order valence-electron chi connectivity index (χ1n) is 11.5. The van der Waals surface area contributed by atoms with E-state index in [4.69, 9.17) is 5.26 Å². The summed E-state index contributed by atoms with van der Waals surface area (Å²) in [6, 6.07) is 13.3. The maximum atomic E-state index is 13.2. The molecule has 4 rings (SSSR count). The van der Waals surface area contributed by atoms with E-state index in [0.717, 1.165) is 61.8 Å². The summed E-state index contributed by atoms with van der Waals surface area (Å²) in [7, 11) is 0. The number of nitrogens with zero attached hydrogens (tertiary/aromatic N) is 4. The molecular formula is C26H27F3N4O. The summed E-state index contributed by atoms with van der Waals surface area (Å²) in [5, 5.41) is 11.2. The highest BCUT2D eigenvalue weighted by molar-refractivity contribution is 5.89. The molecule has 0 amide bonds. The van der Waals surface area contributed by atoms with Crippen molar-refractivity contribution in [2.45, 2.75) is 31.9 Å². The number of anilines is 1. The third kappa shape index (κ3) is 5.78. The summed E-state index contributed by atoms with van der Waals surface area (Å²) in [4.78, 5) is 16.6. The Bertz CT molecular complexity index is 1150. The van der Waals surface area contributed by atoms with Gasteiger partial charge in [0.15, 0.2) is 0 Å². The fourth-order valence-electron chi connectivity index (χ4n) is 4.40. The normalized spacial score (nSPS) is 14.9. The zero-order valence-corrected chi connectivity index (χ0v) is 18.9. The van der Waals surface area contributed by atoms with Crippen molar-refractivity contribution in [3.63, 3.8) is 0 Å². The minimum atomic E-state index is -4.47. The summed E-state index contributed by atoms with van der Waals surface area (Å²) < 4.78 is 41.1. The van der Waals surface area contributed by atoms with E-state index < -0.39 is 11.7 Å². The van der Waals surface area contributed by atoms with Gasteiger partial charge in [-0.3, -0.25) is 14.3 Å². The van der Waals surface area contributed by atoms with E-state index in [9.17, 15) is 18.0 Å². The number of fused-ring (bicyclic) bond motifs is 1. The SMILES string of the molecule is N#Cc1cc(N2CCN(CCCCCC(=O)n3cc4ccccc4c3)CC2)cc(C(F)(F)F)c1. The van der Waals surface area contributed by atoms with Crippen molar-refractivity contribution >= 4 is 22.4 Å². The maximum absolute atomic E-state index is 13.2. The van der Waals surface area contributed by atoms with Crippen molar-refractivity contribution in [3.8, 4) is 6.07 Å². The van der Waals surface area contributed by atoms with E-state index in [1.54, 1.807) is 4.57 Å². The monoisotopic (exact) mass is 468 g/mol. The number of carbonyl (C=O) groups excluding carboxylic acids is 1. The zero-order chi connectivity index (χ0) is 24.1. The summed E-state index contributed by atoms with van der Waals surface area (Å²) >= 11 is 0. The second kappa shape index (κ2) is 10.3. The van der Waals surface area contributed by atoms with Crippen molar-refractivity contribution in [1.82, 2.24) is 9.47 Å². The van der Waals surface area contributed by atoms with Crippen LogP contribution >= 0.6 is 0 Å². The van der Waals surface area contributed by atoms with Gasteiger partial charge in [0.25, 0.3) is 0 Å². The molecule has 1 aliphatic heterocycles. The lowest BCUT2D eigenvalue weighted by molar-refractivity contribution is -0.137. The number of rotatable bonds is 7. The number of benzene rings is 2. The van der Waals surface area contributed by atoms with Crippen molar-refractivity contribution in [3.05, 3.63) is 66.0 Å². The van der Waals surface area contributed by atoms with Gasteiger partial charge in [0.05, 0.1) is 17.2 Å². The van der Waals surface area contributed by atoms with Gasteiger partial charge in [0.1, 0.15) is 0 Å². The number of halogens is 3. The Balaban J connectivity index is 1.19. The number of hydrogen-bond acceptors (Lipinski definition) is 4. The lowest BCUT2D eigenvalue weighted by atomic mass is 10.1. The van der Waals surface area contributed by atoms with Gasteiger partial charge in [-0.15, -0.1) is 0 Å². The van der Waals surface area contributed by atoms with Crippen LogP contribution in [-0.4, -0.2) is 48.1 Å². The lowest BCUT2D eigenvalue weighted by Crippen LogP contribution is -2.46. The molecule has 0 unspecified atom stereocenters. The molecule has 178 valence electrons. The standard InChI is InChI=1S/C26H27F3N4O/c27-26(28,29)23-14-20(17-30)15-24(16-23)32-12-10-31(11-13-32)9-5-1-2-8-25(34)33-18-21-6-3-4-7-22(21)19-33/h3-4,6-7,14-16,18-19H,1-2,5,8-13H2. The number of piperazine rings is 1. The number of nitriles is 1. The molecule has 0 saturated carbocycles. The quantitative estimate of drug-likeness (QED) is 0.427. The molecule has 0 atom stereocenters. The van der Waals surface area contributed by atoms with Crippen LogP contribution in [0.25, 0.3) is 10.8 Å². The average molecular weight is 469 g/mol. The third-order valence-corrected chi connectivity index (χ3v) is 6.32. The second-order valence-corrected chi connectivity index (χ2v) is 8.71. The Kier molecular flexibility index (Phi) is 7.23. The van der Waals surface area contributed by atoms with Gasteiger partial charge in [-0.05, 0) is 48.4 Å². The van der Waals surface area contributed by atoms with Crippen LogP contribution in [-0.2, 0) is 6.18 Å². The van der Waals surface area contributed by atoms with Gasteiger partial charge >= 0.3 is 6.18 Å². The molecular weight excluding hydrogens is 441 g/mol. The summed E-state index contributed by atoms with van der Waals surface area (Å²) in [6.07, 6.45) is 2.54. The maximum Gasteiger partial charge on any atom is 0.416 e. The summed E-state index contributed by atoms with van der Waals surface area (Å²) in [5.74, 6) is 0.0997. The Labute approximate surface area is 197 Å². The highest BCUT2D eigenvalue weighted by atomic mass is 19.4. The Morgan fingerprint density at radius 1 is 0.941 bits per heavy atom. The molecule has 8 heteroatoms. The van der Waals surface area contributed by atoms with E-state index in [2.05, 4.69) is 4.90 Å². The Hall–Kier alpha value is -3.31. The molecule has 5 nitrogen and oxygen atoms in total. The van der Waals surface area contributed by atoms with E-state index in [1.807, 2.05) is 47.6 Å². The number of alkyl halides is 3. The van der Waals surface area contributed by atoms with Crippen LogP contribution in [0.1, 0.15) is 41.6 Å². The molecule has 34 heavy (non-hydrogen) atoms. The minimum Gasteiger partial charge on any atom is -0.369 e. The molecule has 1 aliphatic rings. The number of aromatic nitrogens is 1. The second-order valence-electron chi connectivity index (χ2n) is 8.71. The number of unbranched alkanes of at least 4 members (excludes halogenated alkanes) is 2. The van der Waals surface area contributed by atoms with Crippen LogP contribution in [0.4, 0.5) is 18.9 Å². The Morgan fingerprint density at radius 2 is 1.62 bits per heavy atom. The van der Waals surface area contributed by atoms with Gasteiger partial charge in [0, 0.05) is 50.7 Å². The fraction of sp³-hybridized carbons (Fsp3) is 0.385. The van der Waals surface area contributed by atoms with E-state index in [-0.39, 0.29) is 11.5 Å². The molecule has 0 radical (unpaired) electrons. The van der Waals surface area contributed by atoms with Gasteiger partial charge < -0.3 is 4.90 Å². The first kappa shape index (κ1) is 23.8. The van der Waals surface area contributed by atoms with Crippen molar-refractivity contribution < 1.29 is 18.0 Å². The van der Waals surface area contributed by atoms with Gasteiger partial charge in [0.2, 0.25) is 5.91 Å². The molecule has 1 fully saturated rings. The molecule has 1 aromatic heterocycles. The molecule has 1 saturated heterocycles. The first-order chi connectivity index (χ1) is 16.3. The predicted octanol–water partition coefficient (Wildman–Crippen LogP) is 5.55. The van der Waals surface area contributed by atoms with Gasteiger partial charge in [-0.2, -0.15) is 18.4 Å². The number of carbonyl (C=O) groups is 1. The van der Waals surface area contributed by atoms with E-state index in [0.29, 0.717) is 25.2 Å². The highest BCUT2D eigenvalue weighted by Crippen LogP contribution is 2.33. The van der Waals surface area contributed by atoms with Crippen LogP contribution in [0.5, 0.6) is 0 Å². The summed E-state index contributed by atoms with van der Waals surface area (Å²) in [6.45, 7) is 3.65. The molecule has 0 bridgehead atoms. The van der Waals surface area contributed by atoms with Crippen LogP contribution in [0.3, 0.4) is 0 Å². The van der Waals surface area contributed by atoms with Crippen LogP contribution in [0.2, 0.25) is 0 Å². The highest BCUT2D eigenvalue weighted by Gasteiger charge is 2.32. The smallest absolute Gasteiger partial charge is 0.369 e. The lowest BCUT2D eigenvalue weighted by Gasteiger charge is -2.36. The van der Waals surface area contributed by atoms with Gasteiger partial charge in [-0.1, -0.05) is 30.7 Å². The minimum absolute atomic E-state index is 0.0230. The van der Waals surface area contributed by atoms with E-state index >= 15 is 0 Å².